The predicted molar refractivity (Wildman–Crippen MR) is 58.8 cm³/mol. The Balaban J connectivity index is 2.49. The van der Waals surface area contributed by atoms with Gasteiger partial charge in [-0.25, -0.2) is 4.39 Å². The highest BCUT2D eigenvalue weighted by atomic mass is 79.9. The van der Waals surface area contributed by atoms with E-state index in [0.29, 0.717) is 10.2 Å². The number of methoxy groups -OCH3 is 1. The van der Waals surface area contributed by atoms with Crippen LogP contribution in [0.3, 0.4) is 0 Å². The number of aromatic nitrogens is 1. The van der Waals surface area contributed by atoms with Crippen LogP contribution in [0.2, 0.25) is 0 Å². The number of nitrogen functional groups attached to an aromatic ring is 1. The molecule has 1 aliphatic carbocycles. The highest BCUT2D eigenvalue weighted by Crippen LogP contribution is 2.45. The predicted octanol–water partition coefficient (Wildman–Crippen LogP) is 2.59. The van der Waals surface area contributed by atoms with Crippen molar-refractivity contribution in [2.45, 2.75) is 24.9 Å². The van der Waals surface area contributed by atoms with E-state index < -0.39 is 11.4 Å². The maximum absolute atomic E-state index is 13.9. The zero-order valence-corrected chi connectivity index (χ0v) is 9.97. The third kappa shape index (κ3) is 1.54. The van der Waals surface area contributed by atoms with Crippen molar-refractivity contribution in [1.29, 1.82) is 0 Å². The molecule has 1 heterocycles. The van der Waals surface area contributed by atoms with Crippen LogP contribution in [-0.4, -0.2) is 12.1 Å². The molecule has 1 saturated carbocycles. The zero-order chi connectivity index (χ0) is 11.1. The summed E-state index contributed by atoms with van der Waals surface area (Å²) in [4.78, 5) is 4.08. The second kappa shape index (κ2) is 3.72. The fourth-order valence-corrected chi connectivity index (χ4v) is 2.11. The number of ether oxygens (including phenoxy) is 1. The van der Waals surface area contributed by atoms with Gasteiger partial charge in [0.05, 0.1) is 10.2 Å². The molecular formula is C10H12BrFN2O. The Bertz CT molecular complexity index is 388. The van der Waals surface area contributed by atoms with Crippen molar-refractivity contribution in [2.75, 3.05) is 12.8 Å². The van der Waals surface area contributed by atoms with Crippen molar-refractivity contribution < 1.29 is 9.13 Å². The Morgan fingerprint density at radius 2 is 2.27 bits per heavy atom. The van der Waals surface area contributed by atoms with E-state index in [4.69, 9.17) is 10.5 Å². The average Bonchev–Trinajstić information content (AvgIpc) is 2.17. The molecule has 0 unspecified atom stereocenters. The number of nitrogens with two attached hydrogens (primary N) is 1. The average molecular weight is 275 g/mol. The number of rotatable bonds is 2. The lowest BCUT2D eigenvalue weighted by molar-refractivity contribution is -0.0836. The zero-order valence-electron chi connectivity index (χ0n) is 8.39. The molecule has 1 aliphatic rings. The molecule has 0 amide bonds. The van der Waals surface area contributed by atoms with E-state index in [1.807, 2.05) is 0 Å². The SMILES string of the molecule is COC1(c2ncc(Br)c(N)c2F)CCC1. The number of nitrogens with zero attached hydrogens (tertiary/aromatic N) is 1. The lowest BCUT2D eigenvalue weighted by Crippen LogP contribution is -2.38. The fourth-order valence-electron chi connectivity index (χ4n) is 1.83. The van der Waals surface area contributed by atoms with Gasteiger partial charge in [-0.15, -0.1) is 0 Å². The number of anilines is 1. The minimum absolute atomic E-state index is 0.100. The first-order chi connectivity index (χ1) is 7.10. The molecule has 2 rings (SSSR count). The van der Waals surface area contributed by atoms with Gasteiger partial charge in [-0.05, 0) is 35.2 Å². The first kappa shape index (κ1) is 10.8. The van der Waals surface area contributed by atoms with E-state index in [1.54, 1.807) is 7.11 Å². The molecule has 0 saturated heterocycles. The molecule has 3 nitrogen and oxygen atoms in total. The summed E-state index contributed by atoms with van der Waals surface area (Å²) < 4.78 is 19.7. The molecule has 0 atom stereocenters. The Morgan fingerprint density at radius 1 is 1.60 bits per heavy atom. The van der Waals surface area contributed by atoms with Crippen molar-refractivity contribution >= 4 is 21.6 Å². The van der Waals surface area contributed by atoms with Crippen molar-refractivity contribution in [3.63, 3.8) is 0 Å². The summed E-state index contributed by atoms with van der Waals surface area (Å²) in [5.74, 6) is -0.467. The quantitative estimate of drug-likeness (QED) is 0.902. The largest absolute Gasteiger partial charge is 0.395 e. The summed E-state index contributed by atoms with van der Waals surface area (Å²) in [6.45, 7) is 0. The lowest BCUT2D eigenvalue weighted by atomic mass is 9.77. The maximum atomic E-state index is 13.9. The smallest absolute Gasteiger partial charge is 0.171 e. The van der Waals surface area contributed by atoms with Gasteiger partial charge in [0.25, 0.3) is 0 Å². The van der Waals surface area contributed by atoms with E-state index in [0.717, 1.165) is 19.3 Å². The molecule has 1 aromatic heterocycles. The molecular weight excluding hydrogens is 263 g/mol. The van der Waals surface area contributed by atoms with E-state index in [2.05, 4.69) is 20.9 Å². The van der Waals surface area contributed by atoms with Gasteiger partial charge in [0.1, 0.15) is 11.3 Å². The van der Waals surface area contributed by atoms with Gasteiger partial charge in [0.15, 0.2) is 5.82 Å². The summed E-state index contributed by atoms with van der Waals surface area (Å²) in [7, 11) is 1.58. The Labute approximate surface area is 96.0 Å². The first-order valence-corrected chi connectivity index (χ1v) is 5.55. The van der Waals surface area contributed by atoms with Crippen LogP contribution in [0.15, 0.2) is 10.7 Å². The first-order valence-electron chi connectivity index (χ1n) is 4.76. The molecule has 0 spiro atoms. The number of hydrogen-bond acceptors (Lipinski definition) is 3. The maximum Gasteiger partial charge on any atom is 0.171 e. The molecule has 0 aromatic carbocycles. The number of halogens is 2. The standard InChI is InChI=1S/C10H12BrFN2O/c1-15-10(3-2-4-10)9-7(12)8(13)6(11)5-14-9/h5H,2-4H2,1H3,(H2,13,14). The van der Waals surface area contributed by atoms with Gasteiger partial charge in [0.2, 0.25) is 0 Å². The van der Waals surface area contributed by atoms with Gasteiger partial charge < -0.3 is 10.5 Å². The van der Waals surface area contributed by atoms with Crippen molar-refractivity contribution in [3.05, 3.63) is 22.2 Å². The molecule has 15 heavy (non-hydrogen) atoms. The van der Waals surface area contributed by atoms with Crippen LogP contribution in [-0.2, 0) is 10.3 Å². The van der Waals surface area contributed by atoms with Crippen molar-refractivity contribution in [2.24, 2.45) is 0 Å². The Hall–Kier alpha value is -0.680. The molecule has 0 bridgehead atoms. The normalized spacial score (nSPS) is 18.6. The topological polar surface area (TPSA) is 48.1 Å². The van der Waals surface area contributed by atoms with Gasteiger partial charge in [-0.1, -0.05) is 0 Å². The second-order valence-electron chi connectivity index (χ2n) is 3.73. The summed E-state index contributed by atoms with van der Waals surface area (Å²) >= 11 is 3.14. The van der Waals surface area contributed by atoms with Crippen LogP contribution in [0.1, 0.15) is 25.0 Å². The molecule has 5 heteroatoms. The molecule has 82 valence electrons. The summed E-state index contributed by atoms with van der Waals surface area (Å²) in [5, 5.41) is 0. The lowest BCUT2D eigenvalue weighted by Gasteiger charge is -2.40. The Morgan fingerprint density at radius 3 is 2.73 bits per heavy atom. The van der Waals surface area contributed by atoms with E-state index >= 15 is 0 Å². The molecule has 1 fully saturated rings. The van der Waals surface area contributed by atoms with Crippen LogP contribution < -0.4 is 5.73 Å². The summed E-state index contributed by atoms with van der Waals surface area (Å²) in [6.07, 6.45) is 4.15. The van der Waals surface area contributed by atoms with Gasteiger partial charge in [-0.2, -0.15) is 0 Å². The van der Waals surface area contributed by atoms with E-state index in [9.17, 15) is 4.39 Å². The highest BCUT2D eigenvalue weighted by Gasteiger charge is 2.42. The highest BCUT2D eigenvalue weighted by molar-refractivity contribution is 9.10. The van der Waals surface area contributed by atoms with Gasteiger partial charge in [-0.3, -0.25) is 4.98 Å². The monoisotopic (exact) mass is 274 g/mol. The fraction of sp³-hybridized carbons (Fsp3) is 0.500. The van der Waals surface area contributed by atoms with Crippen LogP contribution in [0.4, 0.5) is 10.1 Å². The van der Waals surface area contributed by atoms with Crippen LogP contribution in [0, 0.1) is 5.82 Å². The summed E-state index contributed by atoms with van der Waals surface area (Å²) in [5.41, 5.74) is 5.47. The van der Waals surface area contributed by atoms with E-state index in [1.165, 1.54) is 6.20 Å². The van der Waals surface area contributed by atoms with Crippen LogP contribution in [0.25, 0.3) is 0 Å². The van der Waals surface area contributed by atoms with Crippen LogP contribution >= 0.6 is 15.9 Å². The van der Waals surface area contributed by atoms with Gasteiger partial charge >= 0.3 is 0 Å². The van der Waals surface area contributed by atoms with E-state index in [-0.39, 0.29) is 5.69 Å². The third-order valence-corrected chi connectivity index (χ3v) is 3.62. The molecule has 1 aromatic rings. The molecule has 0 radical (unpaired) electrons. The van der Waals surface area contributed by atoms with Crippen LogP contribution in [0.5, 0.6) is 0 Å². The number of hydrogen-bond donors (Lipinski definition) is 1. The third-order valence-electron chi connectivity index (χ3n) is 2.99. The number of pyridine rings is 1. The molecule has 0 aliphatic heterocycles. The van der Waals surface area contributed by atoms with Gasteiger partial charge in [0, 0.05) is 13.3 Å². The minimum Gasteiger partial charge on any atom is -0.395 e. The van der Waals surface area contributed by atoms with Crippen molar-refractivity contribution in [1.82, 2.24) is 4.98 Å². The second-order valence-corrected chi connectivity index (χ2v) is 4.59. The minimum atomic E-state index is -0.557. The Kier molecular flexibility index (Phi) is 2.68. The summed E-state index contributed by atoms with van der Waals surface area (Å²) in [6, 6.07) is 0. The van der Waals surface area contributed by atoms with Crippen molar-refractivity contribution in [3.8, 4) is 0 Å². The molecule has 2 N–H and O–H groups in total.